The fourth-order valence-corrected chi connectivity index (χ4v) is 3.55. The molecule has 1 aromatic heterocycles. The molecular formula is C18H15ClN2O4S. The normalized spacial score (nSPS) is 14.8. The molecule has 0 aliphatic carbocycles. The highest BCUT2D eigenvalue weighted by molar-refractivity contribution is 7.86. The van der Waals surface area contributed by atoms with E-state index in [0.717, 1.165) is 17.2 Å². The van der Waals surface area contributed by atoms with Gasteiger partial charge in [-0.2, -0.15) is 8.42 Å². The molecular weight excluding hydrogens is 376 g/mol. The molecule has 4 rings (SSSR count). The lowest BCUT2D eigenvalue weighted by Gasteiger charge is -2.19. The van der Waals surface area contributed by atoms with Crippen LogP contribution in [0.15, 0.2) is 57.9 Å². The van der Waals surface area contributed by atoms with Crippen LogP contribution in [0.2, 0.25) is 5.02 Å². The molecule has 26 heavy (non-hydrogen) atoms. The lowest BCUT2D eigenvalue weighted by atomic mass is 10.1. The van der Waals surface area contributed by atoms with Gasteiger partial charge in [0.25, 0.3) is 10.1 Å². The first-order valence-corrected chi connectivity index (χ1v) is 10.1. The number of furan rings is 1. The first-order valence-electron chi connectivity index (χ1n) is 7.92. The summed E-state index contributed by atoms with van der Waals surface area (Å²) in [5.41, 5.74) is 2.64. The van der Waals surface area contributed by atoms with Gasteiger partial charge < -0.3 is 4.42 Å². The third-order valence-corrected chi connectivity index (χ3v) is 4.65. The van der Waals surface area contributed by atoms with E-state index in [1.54, 1.807) is 12.1 Å². The van der Waals surface area contributed by atoms with Crippen LogP contribution in [0.1, 0.15) is 11.3 Å². The molecule has 0 fully saturated rings. The van der Waals surface area contributed by atoms with E-state index in [4.69, 9.17) is 20.3 Å². The summed E-state index contributed by atoms with van der Waals surface area (Å²) in [7, 11) is -3.70. The summed E-state index contributed by atoms with van der Waals surface area (Å²) < 4.78 is 34.7. The number of rotatable bonds is 3. The van der Waals surface area contributed by atoms with E-state index in [0.29, 0.717) is 34.3 Å². The second kappa shape index (κ2) is 6.42. The van der Waals surface area contributed by atoms with Gasteiger partial charge >= 0.3 is 0 Å². The third kappa shape index (κ3) is 3.21. The van der Waals surface area contributed by atoms with Crippen LogP contribution in [0.5, 0.6) is 0 Å². The number of benzene rings is 2. The fourth-order valence-electron chi connectivity index (χ4n) is 2.94. The van der Waals surface area contributed by atoms with E-state index in [1.165, 1.54) is 5.06 Å². The Labute approximate surface area is 155 Å². The van der Waals surface area contributed by atoms with Crippen molar-refractivity contribution in [1.82, 2.24) is 0 Å². The van der Waals surface area contributed by atoms with Crippen LogP contribution < -0.4 is 5.06 Å². The molecule has 134 valence electrons. The molecule has 0 radical (unpaired) electrons. The average molecular weight is 391 g/mol. The number of para-hydroxylation sites is 1. The maximum Gasteiger partial charge on any atom is 0.285 e. The van der Waals surface area contributed by atoms with Crippen LogP contribution in [0, 0.1) is 0 Å². The van der Waals surface area contributed by atoms with Crippen molar-refractivity contribution in [2.45, 2.75) is 0 Å². The highest BCUT2D eigenvalue weighted by Gasteiger charge is 2.29. The number of hydrogen-bond donors (Lipinski definition) is 0. The molecule has 0 unspecified atom stereocenters. The lowest BCUT2D eigenvalue weighted by molar-refractivity contribution is 0.289. The Morgan fingerprint density at radius 3 is 2.62 bits per heavy atom. The van der Waals surface area contributed by atoms with Gasteiger partial charge in [-0.1, -0.05) is 35.9 Å². The number of aliphatic imine (C=N–C) groups is 1. The molecule has 2 heterocycles. The molecule has 0 bridgehead atoms. The molecule has 1 aliphatic heterocycles. The predicted molar refractivity (Wildman–Crippen MR) is 101 cm³/mol. The number of halogens is 1. The molecule has 0 saturated carbocycles. The van der Waals surface area contributed by atoms with Crippen molar-refractivity contribution in [3.8, 4) is 0 Å². The van der Waals surface area contributed by atoms with Gasteiger partial charge in [-0.3, -0.25) is 4.99 Å². The zero-order chi connectivity index (χ0) is 18.3. The Morgan fingerprint density at radius 1 is 1.15 bits per heavy atom. The topological polar surface area (TPSA) is 72.1 Å². The van der Waals surface area contributed by atoms with Crippen molar-refractivity contribution >= 4 is 44.1 Å². The van der Waals surface area contributed by atoms with Crippen LogP contribution in [-0.2, 0) is 14.4 Å². The Morgan fingerprint density at radius 2 is 1.88 bits per heavy atom. The van der Waals surface area contributed by atoms with Gasteiger partial charge in [-0.25, -0.2) is 5.06 Å². The number of hydrogen-bond acceptors (Lipinski definition) is 6. The molecule has 0 saturated heterocycles. The summed E-state index contributed by atoms with van der Waals surface area (Å²) in [5, 5.41) is 2.72. The van der Waals surface area contributed by atoms with Crippen molar-refractivity contribution in [2.75, 3.05) is 24.4 Å². The minimum atomic E-state index is -3.70. The molecule has 1 aliphatic rings. The molecule has 2 aromatic carbocycles. The van der Waals surface area contributed by atoms with Gasteiger partial charge in [0.15, 0.2) is 5.76 Å². The first kappa shape index (κ1) is 17.1. The van der Waals surface area contributed by atoms with Crippen molar-refractivity contribution in [3.05, 3.63) is 64.9 Å². The molecule has 8 heteroatoms. The number of hydroxylamine groups is 1. The zero-order valence-electron chi connectivity index (χ0n) is 13.8. The summed E-state index contributed by atoms with van der Waals surface area (Å²) in [6.07, 6.45) is 1.01. The lowest BCUT2D eigenvalue weighted by Crippen LogP contribution is -2.29. The zero-order valence-corrected chi connectivity index (χ0v) is 15.4. The molecule has 0 atom stereocenters. The highest BCUT2D eigenvalue weighted by Crippen LogP contribution is 2.37. The van der Waals surface area contributed by atoms with Crippen LogP contribution in [0.4, 0.5) is 5.69 Å². The summed E-state index contributed by atoms with van der Waals surface area (Å²) in [5.74, 6) is 0.467. The Hall–Kier alpha value is -2.35. The largest absolute Gasteiger partial charge is 0.452 e. The second-order valence-electron chi connectivity index (χ2n) is 5.89. The average Bonchev–Trinajstić information content (AvgIpc) is 2.88. The standard InChI is InChI=1S/C18H15ClN2O4S/c1-26(22,23)25-21-11-10-20-16(12-6-8-13(19)9-7-12)18-17(21)14-4-2-3-5-15(14)24-18/h2-9H,10-11H2,1H3. The third-order valence-electron chi connectivity index (χ3n) is 3.95. The number of nitrogens with zero attached hydrogens (tertiary/aromatic N) is 2. The summed E-state index contributed by atoms with van der Waals surface area (Å²) in [6.45, 7) is 0.632. The van der Waals surface area contributed by atoms with E-state index in [2.05, 4.69) is 4.99 Å². The molecule has 3 aromatic rings. The van der Waals surface area contributed by atoms with Crippen LogP contribution >= 0.6 is 11.6 Å². The van der Waals surface area contributed by atoms with Gasteiger partial charge in [0.05, 0.1) is 19.3 Å². The van der Waals surface area contributed by atoms with E-state index in [9.17, 15) is 8.42 Å². The maximum absolute atomic E-state index is 11.7. The summed E-state index contributed by atoms with van der Waals surface area (Å²) in [4.78, 5) is 4.60. The number of fused-ring (bicyclic) bond motifs is 3. The molecule has 0 N–H and O–H groups in total. The predicted octanol–water partition coefficient (Wildman–Crippen LogP) is 3.63. The monoisotopic (exact) mass is 390 g/mol. The van der Waals surface area contributed by atoms with Gasteiger partial charge in [0.1, 0.15) is 17.0 Å². The Bertz CT molecular complexity index is 1100. The van der Waals surface area contributed by atoms with E-state index >= 15 is 0 Å². The smallest absolute Gasteiger partial charge is 0.285 e. The van der Waals surface area contributed by atoms with Crippen LogP contribution in [-0.4, -0.2) is 33.5 Å². The quantitative estimate of drug-likeness (QED) is 0.682. The van der Waals surface area contributed by atoms with Crippen molar-refractivity contribution in [2.24, 2.45) is 4.99 Å². The second-order valence-corrected chi connectivity index (χ2v) is 7.89. The van der Waals surface area contributed by atoms with Gasteiger partial charge in [0.2, 0.25) is 0 Å². The minimum Gasteiger partial charge on any atom is -0.452 e. The minimum absolute atomic E-state index is 0.278. The van der Waals surface area contributed by atoms with Gasteiger partial charge in [-0.15, -0.1) is 4.28 Å². The Balaban J connectivity index is 1.93. The SMILES string of the molecule is CS(=O)(=O)ON1CCN=C(c2ccc(Cl)cc2)c2oc3ccccc3c21. The van der Waals surface area contributed by atoms with Gasteiger partial charge in [0, 0.05) is 16.0 Å². The summed E-state index contributed by atoms with van der Waals surface area (Å²) in [6, 6.07) is 14.7. The summed E-state index contributed by atoms with van der Waals surface area (Å²) >= 11 is 5.98. The van der Waals surface area contributed by atoms with E-state index < -0.39 is 10.1 Å². The van der Waals surface area contributed by atoms with E-state index in [1.807, 2.05) is 36.4 Å². The van der Waals surface area contributed by atoms with Crippen LogP contribution in [0.25, 0.3) is 11.0 Å². The van der Waals surface area contributed by atoms with Crippen molar-refractivity contribution in [1.29, 1.82) is 0 Å². The van der Waals surface area contributed by atoms with E-state index in [-0.39, 0.29) is 6.54 Å². The van der Waals surface area contributed by atoms with Gasteiger partial charge in [-0.05, 0) is 24.3 Å². The highest BCUT2D eigenvalue weighted by atomic mass is 35.5. The first-order chi connectivity index (χ1) is 12.4. The van der Waals surface area contributed by atoms with Crippen LogP contribution in [0.3, 0.4) is 0 Å². The van der Waals surface area contributed by atoms with Crippen molar-refractivity contribution < 1.29 is 17.1 Å². The number of anilines is 1. The Kier molecular flexibility index (Phi) is 4.22. The maximum atomic E-state index is 11.7. The molecule has 6 nitrogen and oxygen atoms in total. The van der Waals surface area contributed by atoms with Crippen molar-refractivity contribution in [3.63, 3.8) is 0 Å². The fraction of sp³-hybridized carbons (Fsp3) is 0.167. The molecule has 0 amide bonds. The molecule has 0 spiro atoms.